The highest BCUT2D eigenvalue weighted by Gasteiger charge is 2.05. The molecule has 1 heterocycles. The van der Waals surface area contributed by atoms with Crippen LogP contribution in [0.25, 0.3) is 10.9 Å². The van der Waals surface area contributed by atoms with Crippen LogP contribution in [0.3, 0.4) is 0 Å². The number of nitrogens with two attached hydrogens (primary N) is 2. The van der Waals surface area contributed by atoms with Gasteiger partial charge in [0.05, 0.1) is 0 Å². The first-order valence-electron chi connectivity index (χ1n) is 4.34. The topological polar surface area (TPSA) is 67.8 Å². The lowest BCUT2D eigenvalue weighted by Gasteiger charge is -2.01. The molecule has 1 aromatic heterocycles. The Labute approximate surface area is 76.7 Å². The molecule has 1 aromatic carbocycles. The quantitative estimate of drug-likeness (QED) is 0.639. The zero-order chi connectivity index (χ0) is 9.26. The molecule has 0 amide bonds. The Balaban J connectivity index is 2.76. The fraction of sp³-hybridized carbons (Fsp3) is 0.200. The number of nitrogens with one attached hydrogen (secondary N) is 1. The Morgan fingerprint density at radius 2 is 1.85 bits per heavy atom. The van der Waals surface area contributed by atoms with Gasteiger partial charge in [0.15, 0.2) is 0 Å². The number of aromatic nitrogens is 1. The van der Waals surface area contributed by atoms with Gasteiger partial charge in [0.25, 0.3) is 0 Å². The predicted octanol–water partition coefficient (Wildman–Crippen LogP) is 1.09. The third-order valence-electron chi connectivity index (χ3n) is 2.31. The summed E-state index contributed by atoms with van der Waals surface area (Å²) in [6, 6.07) is 6.07. The van der Waals surface area contributed by atoms with Gasteiger partial charge in [0.2, 0.25) is 0 Å². The van der Waals surface area contributed by atoms with Gasteiger partial charge in [-0.15, -0.1) is 0 Å². The maximum absolute atomic E-state index is 5.64. The molecular formula is C10H13N3. The normalized spacial score (nSPS) is 10.9. The average molecular weight is 175 g/mol. The van der Waals surface area contributed by atoms with Crippen LogP contribution in [0.15, 0.2) is 24.4 Å². The Bertz CT molecular complexity index is 417. The molecule has 0 aliphatic heterocycles. The first kappa shape index (κ1) is 8.29. The summed E-state index contributed by atoms with van der Waals surface area (Å²) < 4.78 is 0. The third-order valence-corrected chi connectivity index (χ3v) is 2.31. The Morgan fingerprint density at radius 3 is 2.54 bits per heavy atom. The summed E-state index contributed by atoms with van der Waals surface area (Å²) in [5.74, 6) is 0. The van der Waals surface area contributed by atoms with Gasteiger partial charge in [0.1, 0.15) is 0 Å². The van der Waals surface area contributed by atoms with E-state index in [0.717, 1.165) is 16.6 Å². The number of hydrogen-bond donors (Lipinski definition) is 3. The molecule has 0 unspecified atom stereocenters. The van der Waals surface area contributed by atoms with Crippen LogP contribution in [-0.2, 0) is 13.1 Å². The van der Waals surface area contributed by atoms with E-state index in [9.17, 15) is 0 Å². The summed E-state index contributed by atoms with van der Waals surface area (Å²) in [7, 11) is 0. The van der Waals surface area contributed by atoms with Gasteiger partial charge in [-0.1, -0.05) is 12.1 Å². The minimum absolute atomic E-state index is 0.553. The molecule has 0 spiro atoms. The Hall–Kier alpha value is -1.32. The first-order chi connectivity index (χ1) is 6.36. The highest BCUT2D eigenvalue weighted by molar-refractivity contribution is 5.86. The number of H-pyrrole nitrogens is 1. The van der Waals surface area contributed by atoms with Crippen molar-refractivity contribution < 1.29 is 0 Å². The first-order valence-corrected chi connectivity index (χ1v) is 4.34. The van der Waals surface area contributed by atoms with Gasteiger partial charge in [-0.3, -0.25) is 0 Å². The van der Waals surface area contributed by atoms with Crippen molar-refractivity contribution >= 4 is 10.9 Å². The number of rotatable bonds is 2. The second-order valence-electron chi connectivity index (χ2n) is 3.06. The molecule has 0 saturated carbocycles. The molecule has 3 heteroatoms. The predicted molar refractivity (Wildman–Crippen MR) is 54.1 cm³/mol. The number of hydrogen-bond acceptors (Lipinski definition) is 2. The largest absolute Gasteiger partial charge is 0.361 e. The van der Waals surface area contributed by atoms with Crippen molar-refractivity contribution in [3.05, 3.63) is 35.5 Å². The SMILES string of the molecule is NCc1cccc2[nH]cc(CN)c12. The van der Waals surface area contributed by atoms with Crippen molar-refractivity contribution in [3.63, 3.8) is 0 Å². The molecular weight excluding hydrogens is 162 g/mol. The van der Waals surface area contributed by atoms with Gasteiger partial charge in [-0.25, -0.2) is 0 Å². The van der Waals surface area contributed by atoms with E-state index in [1.54, 1.807) is 0 Å². The summed E-state index contributed by atoms with van der Waals surface area (Å²) in [4.78, 5) is 3.18. The van der Waals surface area contributed by atoms with Crippen molar-refractivity contribution in [2.24, 2.45) is 11.5 Å². The second kappa shape index (κ2) is 3.20. The van der Waals surface area contributed by atoms with Gasteiger partial charge in [0, 0.05) is 30.2 Å². The number of benzene rings is 1. The zero-order valence-corrected chi connectivity index (χ0v) is 7.38. The fourth-order valence-corrected chi connectivity index (χ4v) is 1.67. The third kappa shape index (κ3) is 1.22. The molecule has 3 nitrogen and oxygen atoms in total. The molecule has 13 heavy (non-hydrogen) atoms. The Morgan fingerprint density at radius 1 is 1.08 bits per heavy atom. The van der Waals surface area contributed by atoms with E-state index in [2.05, 4.69) is 4.98 Å². The lowest BCUT2D eigenvalue weighted by Crippen LogP contribution is -2.00. The van der Waals surface area contributed by atoms with Crippen LogP contribution in [0.1, 0.15) is 11.1 Å². The maximum atomic E-state index is 5.64. The summed E-state index contributed by atoms with van der Waals surface area (Å²) >= 11 is 0. The molecule has 68 valence electrons. The molecule has 2 rings (SSSR count). The van der Waals surface area contributed by atoms with Crippen LogP contribution < -0.4 is 11.5 Å². The molecule has 5 N–H and O–H groups in total. The molecule has 0 radical (unpaired) electrons. The smallest absolute Gasteiger partial charge is 0.0460 e. The fourth-order valence-electron chi connectivity index (χ4n) is 1.67. The molecule has 0 fully saturated rings. The van der Waals surface area contributed by atoms with Gasteiger partial charge in [-0.2, -0.15) is 0 Å². The average Bonchev–Trinajstić information content (AvgIpc) is 2.60. The van der Waals surface area contributed by atoms with Gasteiger partial charge in [-0.05, 0) is 17.2 Å². The van der Waals surface area contributed by atoms with Crippen LogP contribution in [0.4, 0.5) is 0 Å². The highest BCUT2D eigenvalue weighted by atomic mass is 14.7. The summed E-state index contributed by atoms with van der Waals surface area (Å²) in [5.41, 5.74) is 14.7. The molecule has 0 bridgehead atoms. The molecule has 0 saturated heterocycles. The van der Waals surface area contributed by atoms with E-state index in [-0.39, 0.29) is 0 Å². The molecule has 0 aliphatic carbocycles. The number of fused-ring (bicyclic) bond motifs is 1. The highest BCUT2D eigenvalue weighted by Crippen LogP contribution is 2.21. The molecule has 2 aromatic rings. The van der Waals surface area contributed by atoms with E-state index in [1.165, 1.54) is 5.39 Å². The van der Waals surface area contributed by atoms with E-state index < -0.39 is 0 Å². The lowest BCUT2D eigenvalue weighted by molar-refractivity contribution is 1.06. The Kier molecular flexibility index (Phi) is 2.04. The van der Waals surface area contributed by atoms with Gasteiger partial charge >= 0.3 is 0 Å². The minimum atomic E-state index is 0.553. The standard InChI is InChI=1S/C10H13N3/c11-4-7-2-1-3-9-10(7)8(5-12)6-13-9/h1-3,6,13H,4-5,11-12H2. The summed E-state index contributed by atoms with van der Waals surface area (Å²) in [5, 5.41) is 1.19. The second-order valence-corrected chi connectivity index (χ2v) is 3.06. The maximum Gasteiger partial charge on any atom is 0.0460 e. The minimum Gasteiger partial charge on any atom is -0.361 e. The van der Waals surface area contributed by atoms with E-state index in [1.807, 2.05) is 24.4 Å². The van der Waals surface area contributed by atoms with Crippen molar-refractivity contribution in [2.75, 3.05) is 0 Å². The van der Waals surface area contributed by atoms with Crippen LogP contribution in [0, 0.1) is 0 Å². The lowest BCUT2D eigenvalue weighted by atomic mass is 10.1. The van der Waals surface area contributed by atoms with Crippen molar-refractivity contribution in [1.82, 2.24) is 4.98 Å². The van der Waals surface area contributed by atoms with Gasteiger partial charge < -0.3 is 16.5 Å². The van der Waals surface area contributed by atoms with Crippen LogP contribution >= 0.6 is 0 Å². The number of aromatic amines is 1. The summed E-state index contributed by atoms with van der Waals surface area (Å²) in [6.07, 6.45) is 1.95. The van der Waals surface area contributed by atoms with Crippen molar-refractivity contribution in [3.8, 4) is 0 Å². The molecule has 0 aliphatic rings. The molecule has 0 atom stereocenters. The van der Waals surface area contributed by atoms with E-state index in [0.29, 0.717) is 13.1 Å². The zero-order valence-electron chi connectivity index (χ0n) is 7.38. The van der Waals surface area contributed by atoms with Crippen molar-refractivity contribution in [2.45, 2.75) is 13.1 Å². The van der Waals surface area contributed by atoms with Crippen LogP contribution in [0.2, 0.25) is 0 Å². The van der Waals surface area contributed by atoms with Crippen molar-refractivity contribution in [1.29, 1.82) is 0 Å². The van der Waals surface area contributed by atoms with E-state index >= 15 is 0 Å². The van der Waals surface area contributed by atoms with Crippen LogP contribution in [0.5, 0.6) is 0 Å². The van der Waals surface area contributed by atoms with Crippen LogP contribution in [-0.4, -0.2) is 4.98 Å². The summed E-state index contributed by atoms with van der Waals surface area (Å²) in [6.45, 7) is 1.11. The van der Waals surface area contributed by atoms with E-state index in [4.69, 9.17) is 11.5 Å². The monoisotopic (exact) mass is 175 g/mol.